The maximum Gasteiger partial charge on any atom is 0.308 e. The van der Waals surface area contributed by atoms with E-state index < -0.39 is 5.92 Å². The number of carbonyl (C=O) groups excluding carboxylic acids is 2. The molecular formula is C18H21BrO4S. The summed E-state index contributed by atoms with van der Waals surface area (Å²) >= 11 is 4.88. The minimum atomic E-state index is -0.434. The highest BCUT2D eigenvalue weighted by molar-refractivity contribution is 9.09. The predicted octanol–water partition coefficient (Wildman–Crippen LogP) is 4.62. The van der Waals surface area contributed by atoms with E-state index in [0.717, 1.165) is 39.6 Å². The zero-order valence-corrected chi connectivity index (χ0v) is 16.5. The summed E-state index contributed by atoms with van der Waals surface area (Å²) in [6.45, 7) is 1.71. The molecule has 0 aliphatic rings. The standard InChI is InChI=1S/C18H21BrO4S/c1-11(18(21)23-3)7-14(20)17-9-13-8-12(5-4-6-19)15(22-2)10-16(13)24-17/h8-11H,4-7H2,1-3H3/t11-/m0/s1. The SMILES string of the molecule is COC(=O)[C@@H](C)CC(=O)c1cc2cc(CCCBr)c(OC)cc2s1. The minimum Gasteiger partial charge on any atom is -0.496 e. The van der Waals surface area contributed by atoms with Crippen LogP contribution in [0.2, 0.25) is 0 Å². The fraction of sp³-hybridized carbons (Fsp3) is 0.444. The Hall–Kier alpha value is -1.40. The number of Topliss-reactive ketones (excluding diaryl/α,β-unsaturated/α-hetero) is 1. The van der Waals surface area contributed by atoms with Crippen LogP contribution in [0.3, 0.4) is 0 Å². The topological polar surface area (TPSA) is 52.6 Å². The molecule has 2 rings (SSSR count). The maximum atomic E-state index is 12.4. The second-order valence-corrected chi connectivity index (χ2v) is 7.53. The molecule has 1 atom stereocenters. The van der Waals surface area contributed by atoms with Gasteiger partial charge < -0.3 is 9.47 Å². The molecular weight excluding hydrogens is 392 g/mol. The van der Waals surface area contributed by atoms with Crippen molar-refractivity contribution in [2.45, 2.75) is 26.2 Å². The van der Waals surface area contributed by atoms with Crippen LogP contribution >= 0.6 is 27.3 Å². The molecule has 0 radical (unpaired) electrons. The van der Waals surface area contributed by atoms with Crippen molar-refractivity contribution in [3.63, 3.8) is 0 Å². The van der Waals surface area contributed by atoms with E-state index in [4.69, 9.17) is 4.74 Å². The second kappa shape index (κ2) is 8.62. The molecule has 130 valence electrons. The Bertz CT molecular complexity index is 738. The van der Waals surface area contributed by atoms with E-state index >= 15 is 0 Å². The number of hydrogen-bond acceptors (Lipinski definition) is 5. The third kappa shape index (κ3) is 4.36. The van der Waals surface area contributed by atoms with E-state index in [1.807, 2.05) is 12.1 Å². The fourth-order valence-corrected chi connectivity index (χ4v) is 3.86. The van der Waals surface area contributed by atoms with Gasteiger partial charge in [0.25, 0.3) is 0 Å². The molecule has 0 unspecified atom stereocenters. The van der Waals surface area contributed by atoms with Crippen LogP contribution in [0, 0.1) is 5.92 Å². The summed E-state index contributed by atoms with van der Waals surface area (Å²) in [4.78, 5) is 24.6. The lowest BCUT2D eigenvalue weighted by Gasteiger charge is -2.07. The van der Waals surface area contributed by atoms with Crippen molar-refractivity contribution >= 4 is 49.1 Å². The molecule has 2 aromatic rings. The number of esters is 1. The molecule has 6 heteroatoms. The summed E-state index contributed by atoms with van der Waals surface area (Å²) in [6.07, 6.45) is 2.10. The number of carbonyl (C=O) groups is 2. The van der Waals surface area contributed by atoms with Gasteiger partial charge in [-0.2, -0.15) is 0 Å². The molecule has 1 aromatic heterocycles. The summed E-state index contributed by atoms with van der Waals surface area (Å²) in [7, 11) is 3.00. The van der Waals surface area contributed by atoms with Gasteiger partial charge in [0, 0.05) is 16.5 Å². The zero-order chi connectivity index (χ0) is 17.7. The number of hydrogen-bond donors (Lipinski definition) is 0. The lowest BCUT2D eigenvalue weighted by atomic mass is 10.0. The molecule has 0 N–H and O–H groups in total. The monoisotopic (exact) mass is 412 g/mol. The molecule has 0 fully saturated rings. The smallest absolute Gasteiger partial charge is 0.308 e. The van der Waals surface area contributed by atoms with Gasteiger partial charge >= 0.3 is 5.97 Å². The van der Waals surface area contributed by atoms with Gasteiger partial charge in [-0.3, -0.25) is 9.59 Å². The summed E-state index contributed by atoms with van der Waals surface area (Å²) in [5.41, 5.74) is 1.14. The van der Waals surface area contributed by atoms with Gasteiger partial charge in [0.1, 0.15) is 5.75 Å². The van der Waals surface area contributed by atoms with E-state index in [9.17, 15) is 9.59 Å². The number of fused-ring (bicyclic) bond motifs is 1. The average molecular weight is 413 g/mol. The molecule has 0 aliphatic carbocycles. The molecule has 0 bridgehead atoms. The number of alkyl halides is 1. The van der Waals surface area contributed by atoms with Crippen molar-refractivity contribution in [3.8, 4) is 5.75 Å². The predicted molar refractivity (Wildman–Crippen MR) is 101 cm³/mol. The highest BCUT2D eigenvalue weighted by atomic mass is 79.9. The van der Waals surface area contributed by atoms with Crippen molar-refractivity contribution in [3.05, 3.63) is 28.6 Å². The maximum absolute atomic E-state index is 12.4. The number of ether oxygens (including phenoxy) is 2. The molecule has 24 heavy (non-hydrogen) atoms. The van der Waals surface area contributed by atoms with Crippen LogP contribution in [0.25, 0.3) is 10.1 Å². The first kappa shape index (κ1) is 18.9. The third-order valence-electron chi connectivity index (χ3n) is 3.87. The van der Waals surface area contributed by atoms with Crippen molar-refractivity contribution in [2.24, 2.45) is 5.92 Å². The molecule has 1 heterocycles. The van der Waals surface area contributed by atoms with Gasteiger partial charge in [-0.05, 0) is 42.0 Å². The Labute approximate surface area is 154 Å². The number of ketones is 1. The Kier molecular flexibility index (Phi) is 6.80. The number of rotatable bonds is 8. The van der Waals surface area contributed by atoms with Crippen LogP contribution in [0.15, 0.2) is 18.2 Å². The third-order valence-corrected chi connectivity index (χ3v) is 5.57. The van der Waals surface area contributed by atoms with Gasteiger partial charge in [0.05, 0.1) is 25.0 Å². The zero-order valence-electron chi connectivity index (χ0n) is 14.1. The number of methoxy groups -OCH3 is 2. The quantitative estimate of drug-likeness (QED) is 0.360. The first-order valence-corrected chi connectivity index (χ1v) is 9.71. The number of benzene rings is 1. The first-order chi connectivity index (χ1) is 11.5. The number of aryl methyl sites for hydroxylation is 1. The molecule has 0 saturated heterocycles. The summed E-state index contributed by atoms with van der Waals surface area (Å²) < 4.78 is 11.2. The van der Waals surface area contributed by atoms with Crippen molar-refractivity contribution < 1.29 is 19.1 Å². The van der Waals surface area contributed by atoms with E-state index in [-0.39, 0.29) is 18.2 Å². The lowest BCUT2D eigenvalue weighted by Crippen LogP contribution is -2.16. The Balaban J connectivity index is 2.26. The van der Waals surface area contributed by atoms with E-state index in [0.29, 0.717) is 4.88 Å². The van der Waals surface area contributed by atoms with Gasteiger partial charge in [0.2, 0.25) is 0 Å². The van der Waals surface area contributed by atoms with Crippen LogP contribution in [-0.4, -0.2) is 31.3 Å². The fourth-order valence-electron chi connectivity index (χ4n) is 2.56. The second-order valence-electron chi connectivity index (χ2n) is 5.66. The average Bonchev–Trinajstić information content (AvgIpc) is 3.00. The number of halogens is 1. The van der Waals surface area contributed by atoms with Gasteiger partial charge in [-0.25, -0.2) is 0 Å². The largest absolute Gasteiger partial charge is 0.496 e. The summed E-state index contributed by atoms with van der Waals surface area (Å²) in [5.74, 6) is 0.0298. The molecule has 0 spiro atoms. The Morgan fingerprint density at radius 3 is 2.62 bits per heavy atom. The van der Waals surface area contributed by atoms with E-state index in [1.165, 1.54) is 18.4 Å². The summed E-state index contributed by atoms with van der Waals surface area (Å²) in [6, 6.07) is 5.99. The van der Waals surface area contributed by atoms with Gasteiger partial charge in [-0.1, -0.05) is 22.9 Å². The van der Waals surface area contributed by atoms with Crippen LogP contribution in [-0.2, 0) is 16.0 Å². The van der Waals surface area contributed by atoms with E-state index in [2.05, 4.69) is 26.7 Å². The van der Waals surface area contributed by atoms with E-state index in [1.54, 1.807) is 14.0 Å². The van der Waals surface area contributed by atoms with Crippen LogP contribution < -0.4 is 4.74 Å². The Morgan fingerprint density at radius 2 is 2.00 bits per heavy atom. The molecule has 1 aromatic carbocycles. The van der Waals surface area contributed by atoms with Crippen LogP contribution in [0.1, 0.15) is 35.0 Å². The normalized spacial score (nSPS) is 12.2. The highest BCUT2D eigenvalue weighted by Crippen LogP contribution is 2.33. The number of thiophene rings is 1. The molecule has 4 nitrogen and oxygen atoms in total. The van der Waals surface area contributed by atoms with Crippen LogP contribution in [0.5, 0.6) is 5.75 Å². The van der Waals surface area contributed by atoms with Crippen molar-refractivity contribution in [1.82, 2.24) is 0 Å². The molecule has 0 amide bonds. The molecule has 0 saturated carbocycles. The summed E-state index contributed by atoms with van der Waals surface area (Å²) in [5, 5.41) is 1.98. The first-order valence-electron chi connectivity index (χ1n) is 7.77. The van der Waals surface area contributed by atoms with Crippen molar-refractivity contribution in [2.75, 3.05) is 19.5 Å². The van der Waals surface area contributed by atoms with Gasteiger partial charge in [0.15, 0.2) is 5.78 Å². The lowest BCUT2D eigenvalue weighted by molar-refractivity contribution is -0.144. The minimum absolute atomic E-state index is 0.0323. The van der Waals surface area contributed by atoms with Crippen molar-refractivity contribution in [1.29, 1.82) is 0 Å². The van der Waals surface area contributed by atoms with Gasteiger partial charge in [-0.15, -0.1) is 11.3 Å². The molecule has 0 aliphatic heterocycles. The van der Waals surface area contributed by atoms with Crippen LogP contribution in [0.4, 0.5) is 0 Å². The highest BCUT2D eigenvalue weighted by Gasteiger charge is 2.20. The Morgan fingerprint density at radius 1 is 1.25 bits per heavy atom.